The number of rotatable bonds is 3. The van der Waals surface area contributed by atoms with Crippen molar-refractivity contribution in [3.8, 4) is 0 Å². The zero-order valence-electron chi connectivity index (χ0n) is 8.38. The fraction of sp³-hybridized carbons (Fsp3) is 0.231. The van der Waals surface area contributed by atoms with Crippen molar-refractivity contribution in [3.63, 3.8) is 0 Å². The van der Waals surface area contributed by atoms with Crippen LogP contribution in [0.2, 0.25) is 0 Å². The molecule has 0 heterocycles. The Labute approximate surface area is 80.6 Å². The Bertz CT molecular complexity index is 292. The van der Waals surface area contributed by atoms with Gasteiger partial charge in [-0.3, -0.25) is 0 Å². The third-order valence-corrected chi connectivity index (χ3v) is 2.12. The number of allylic oxidation sites excluding steroid dienone is 2. The molecule has 0 aliphatic carbocycles. The minimum Gasteiger partial charge on any atom is -0.0992 e. The zero-order chi connectivity index (χ0) is 9.84. The van der Waals surface area contributed by atoms with Gasteiger partial charge in [0.05, 0.1) is 0 Å². The van der Waals surface area contributed by atoms with Crippen molar-refractivity contribution >= 4 is 0 Å². The molecule has 0 heteroatoms. The quantitative estimate of drug-likeness (QED) is 0.606. The average Bonchev–Trinajstić information content (AvgIpc) is 2.04. The minimum atomic E-state index is 0.307. The molecule has 0 bridgehead atoms. The van der Waals surface area contributed by atoms with Crippen molar-refractivity contribution < 1.29 is 0 Å². The van der Waals surface area contributed by atoms with Crippen molar-refractivity contribution in [2.75, 3.05) is 0 Å². The molecule has 0 saturated carbocycles. The van der Waals surface area contributed by atoms with Crippen LogP contribution in [0.15, 0.2) is 54.6 Å². The van der Waals surface area contributed by atoms with Crippen molar-refractivity contribution in [1.29, 1.82) is 0 Å². The average molecular weight is 172 g/mol. The first kappa shape index (κ1) is 9.79. The Morgan fingerprint density at radius 3 is 1.85 bits per heavy atom. The van der Waals surface area contributed by atoms with Crippen LogP contribution in [0.1, 0.15) is 25.3 Å². The summed E-state index contributed by atoms with van der Waals surface area (Å²) < 4.78 is 0. The molecular formula is C13H16. The first-order chi connectivity index (χ1) is 6.13. The zero-order valence-corrected chi connectivity index (χ0v) is 8.38. The van der Waals surface area contributed by atoms with Gasteiger partial charge in [0.25, 0.3) is 0 Å². The van der Waals surface area contributed by atoms with Gasteiger partial charge in [0.1, 0.15) is 0 Å². The lowest BCUT2D eigenvalue weighted by Gasteiger charge is -2.17. The SMILES string of the molecule is C=C(C)C(C(=C)C)c1ccccc1. The van der Waals surface area contributed by atoms with E-state index in [-0.39, 0.29) is 0 Å². The third kappa shape index (κ3) is 2.32. The van der Waals surface area contributed by atoms with Crippen molar-refractivity contribution in [1.82, 2.24) is 0 Å². The van der Waals surface area contributed by atoms with E-state index in [1.165, 1.54) is 5.56 Å². The molecule has 13 heavy (non-hydrogen) atoms. The standard InChI is InChI=1S/C13H16/c1-10(2)13(11(3)4)12-8-6-5-7-9-12/h5-9,13H,1,3H2,2,4H3. The summed E-state index contributed by atoms with van der Waals surface area (Å²) in [6.07, 6.45) is 0. The van der Waals surface area contributed by atoms with Gasteiger partial charge < -0.3 is 0 Å². The Morgan fingerprint density at radius 2 is 1.46 bits per heavy atom. The summed E-state index contributed by atoms with van der Waals surface area (Å²) in [4.78, 5) is 0. The minimum absolute atomic E-state index is 0.307. The van der Waals surface area contributed by atoms with E-state index in [4.69, 9.17) is 0 Å². The highest BCUT2D eigenvalue weighted by Crippen LogP contribution is 2.28. The van der Waals surface area contributed by atoms with E-state index < -0.39 is 0 Å². The molecule has 0 aliphatic rings. The van der Waals surface area contributed by atoms with Gasteiger partial charge in [-0.25, -0.2) is 0 Å². The monoisotopic (exact) mass is 172 g/mol. The van der Waals surface area contributed by atoms with Crippen LogP contribution < -0.4 is 0 Å². The molecule has 68 valence electrons. The van der Waals surface area contributed by atoms with E-state index >= 15 is 0 Å². The maximum absolute atomic E-state index is 3.99. The molecule has 0 aromatic heterocycles. The summed E-state index contributed by atoms with van der Waals surface area (Å²) in [5.74, 6) is 0.307. The predicted octanol–water partition coefficient (Wildman–Crippen LogP) is 3.92. The van der Waals surface area contributed by atoms with E-state index in [1.54, 1.807) is 0 Å². The van der Waals surface area contributed by atoms with Gasteiger partial charge in [-0.15, -0.1) is 0 Å². The highest BCUT2D eigenvalue weighted by molar-refractivity contribution is 5.34. The van der Waals surface area contributed by atoms with Gasteiger partial charge in [0, 0.05) is 5.92 Å². The second-order valence-electron chi connectivity index (χ2n) is 3.54. The molecule has 1 rings (SSSR count). The Balaban J connectivity index is 3.03. The molecule has 1 aromatic carbocycles. The van der Waals surface area contributed by atoms with Crippen LogP contribution in [0.4, 0.5) is 0 Å². The smallest absolute Gasteiger partial charge is 0.0247 e. The summed E-state index contributed by atoms with van der Waals surface area (Å²) in [5.41, 5.74) is 3.58. The number of benzene rings is 1. The van der Waals surface area contributed by atoms with E-state index in [1.807, 2.05) is 32.0 Å². The fourth-order valence-corrected chi connectivity index (χ4v) is 1.64. The van der Waals surface area contributed by atoms with Crippen LogP contribution in [0, 0.1) is 0 Å². The van der Waals surface area contributed by atoms with Gasteiger partial charge >= 0.3 is 0 Å². The van der Waals surface area contributed by atoms with Crippen LogP contribution in [0.25, 0.3) is 0 Å². The second kappa shape index (κ2) is 4.08. The lowest BCUT2D eigenvalue weighted by molar-refractivity contribution is 0.929. The number of hydrogen-bond donors (Lipinski definition) is 0. The topological polar surface area (TPSA) is 0 Å². The molecular weight excluding hydrogens is 156 g/mol. The molecule has 0 fully saturated rings. The summed E-state index contributed by atoms with van der Waals surface area (Å²) >= 11 is 0. The lowest BCUT2D eigenvalue weighted by Crippen LogP contribution is -1.99. The molecule has 0 saturated heterocycles. The molecule has 0 unspecified atom stereocenters. The normalized spacial score (nSPS) is 10.1. The first-order valence-electron chi connectivity index (χ1n) is 4.48. The van der Waals surface area contributed by atoms with Crippen LogP contribution in [0.3, 0.4) is 0 Å². The van der Waals surface area contributed by atoms with Crippen molar-refractivity contribution in [2.24, 2.45) is 0 Å². The summed E-state index contributed by atoms with van der Waals surface area (Å²) in [7, 11) is 0. The van der Waals surface area contributed by atoms with E-state index in [2.05, 4.69) is 25.3 Å². The highest BCUT2D eigenvalue weighted by Gasteiger charge is 2.11. The van der Waals surface area contributed by atoms with Crippen molar-refractivity contribution in [2.45, 2.75) is 19.8 Å². The maximum atomic E-state index is 3.99. The molecule has 0 atom stereocenters. The van der Waals surface area contributed by atoms with E-state index in [9.17, 15) is 0 Å². The number of hydrogen-bond acceptors (Lipinski definition) is 0. The summed E-state index contributed by atoms with van der Waals surface area (Å²) in [6, 6.07) is 10.4. The molecule has 1 aromatic rings. The summed E-state index contributed by atoms with van der Waals surface area (Å²) in [5, 5.41) is 0. The Morgan fingerprint density at radius 1 is 1.00 bits per heavy atom. The Hall–Kier alpha value is -1.30. The van der Waals surface area contributed by atoms with E-state index in [0.29, 0.717) is 5.92 Å². The molecule has 0 aliphatic heterocycles. The van der Waals surface area contributed by atoms with Gasteiger partial charge in [-0.05, 0) is 19.4 Å². The summed E-state index contributed by atoms with van der Waals surface area (Å²) in [6.45, 7) is 12.1. The molecule has 0 N–H and O–H groups in total. The maximum Gasteiger partial charge on any atom is 0.0247 e. The molecule has 0 radical (unpaired) electrons. The molecule has 0 spiro atoms. The van der Waals surface area contributed by atoms with Gasteiger partial charge in [-0.2, -0.15) is 0 Å². The van der Waals surface area contributed by atoms with Crippen molar-refractivity contribution in [3.05, 3.63) is 60.2 Å². The van der Waals surface area contributed by atoms with E-state index in [0.717, 1.165) is 11.1 Å². The first-order valence-corrected chi connectivity index (χ1v) is 4.48. The van der Waals surface area contributed by atoms with Crippen LogP contribution in [-0.2, 0) is 0 Å². The fourth-order valence-electron chi connectivity index (χ4n) is 1.64. The molecule has 0 amide bonds. The third-order valence-electron chi connectivity index (χ3n) is 2.12. The Kier molecular flexibility index (Phi) is 3.07. The molecule has 0 nitrogen and oxygen atoms in total. The van der Waals surface area contributed by atoms with Gasteiger partial charge in [0.2, 0.25) is 0 Å². The van der Waals surface area contributed by atoms with Crippen LogP contribution in [0.5, 0.6) is 0 Å². The predicted molar refractivity (Wildman–Crippen MR) is 58.8 cm³/mol. The van der Waals surface area contributed by atoms with Gasteiger partial charge in [0.15, 0.2) is 0 Å². The van der Waals surface area contributed by atoms with Crippen LogP contribution in [-0.4, -0.2) is 0 Å². The second-order valence-corrected chi connectivity index (χ2v) is 3.54. The van der Waals surface area contributed by atoms with Crippen LogP contribution >= 0.6 is 0 Å². The lowest BCUT2D eigenvalue weighted by atomic mass is 9.88. The van der Waals surface area contributed by atoms with Gasteiger partial charge in [-0.1, -0.05) is 54.6 Å². The largest absolute Gasteiger partial charge is 0.0992 e. The highest BCUT2D eigenvalue weighted by atomic mass is 14.2.